The first-order valence-electron chi connectivity index (χ1n) is 14.8. The number of hydrogen-bond acceptors (Lipinski definition) is 7. The zero-order chi connectivity index (χ0) is 33.6. The molecule has 1 fully saturated rings. The minimum absolute atomic E-state index is 0.0147. The van der Waals surface area contributed by atoms with Crippen LogP contribution in [0.25, 0.3) is 0 Å². The third-order valence-electron chi connectivity index (χ3n) is 8.06. The summed E-state index contributed by atoms with van der Waals surface area (Å²) in [6.45, 7) is 2.31. The van der Waals surface area contributed by atoms with Crippen molar-refractivity contribution in [2.45, 2.75) is 69.5 Å². The summed E-state index contributed by atoms with van der Waals surface area (Å²) in [6.07, 6.45) is 4.77. The summed E-state index contributed by atoms with van der Waals surface area (Å²) in [5.74, 6) is -0.598. The molecule has 0 bridgehead atoms. The number of carbonyl (C=O) groups is 2. The molecule has 0 radical (unpaired) electrons. The topological polar surface area (TPSA) is 139 Å². The lowest BCUT2D eigenvalue weighted by atomic mass is 9.95. The van der Waals surface area contributed by atoms with E-state index < -0.39 is 33.4 Å². The van der Waals surface area contributed by atoms with Crippen LogP contribution in [0.15, 0.2) is 65.6 Å². The minimum Gasteiger partial charge on any atom is -0.497 e. The molecule has 0 aliphatic heterocycles. The molecule has 11 nitrogen and oxygen atoms in total. The highest BCUT2D eigenvalue weighted by atomic mass is 35.5. The monoisotopic (exact) mass is 690 g/mol. The molecule has 246 valence electrons. The van der Waals surface area contributed by atoms with E-state index in [9.17, 15) is 28.1 Å². The summed E-state index contributed by atoms with van der Waals surface area (Å²) in [6, 6.07) is 13.4. The van der Waals surface area contributed by atoms with Gasteiger partial charge in [0.15, 0.2) is 0 Å². The van der Waals surface area contributed by atoms with Gasteiger partial charge in [0.05, 0.1) is 32.7 Å². The molecule has 0 spiro atoms. The quantitative estimate of drug-likeness (QED) is 0.174. The number of anilines is 1. The number of carbonyl (C=O) groups excluding carboxylic acids is 2. The zero-order valence-electron chi connectivity index (χ0n) is 25.7. The molecule has 1 saturated carbocycles. The molecule has 0 saturated heterocycles. The third kappa shape index (κ3) is 8.28. The fourth-order valence-electron chi connectivity index (χ4n) is 5.34. The van der Waals surface area contributed by atoms with Crippen molar-refractivity contribution in [2.75, 3.05) is 18.0 Å². The summed E-state index contributed by atoms with van der Waals surface area (Å²) < 4.78 is 34.3. The van der Waals surface area contributed by atoms with Crippen molar-refractivity contribution in [1.82, 2.24) is 10.2 Å². The molecule has 0 aromatic heterocycles. The van der Waals surface area contributed by atoms with Crippen molar-refractivity contribution < 1.29 is 27.7 Å². The van der Waals surface area contributed by atoms with E-state index in [0.29, 0.717) is 16.3 Å². The largest absolute Gasteiger partial charge is 0.497 e. The van der Waals surface area contributed by atoms with Gasteiger partial charge in [-0.3, -0.25) is 24.0 Å². The molecule has 3 aromatic rings. The molecule has 4 rings (SSSR count). The van der Waals surface area contributed by atoms with Crippen molar-refractivity contribution in [3.8, 4) is 5.75 Å². The van der Waals surface area contributed by atoms with Gasteiger partial charge in [-0.15, -0.1) is 0 Å². The van der Waals surface area contributed by atoms with Crippen molar-refractivity contribution in [3.63, 3.8) is 0 Å². The predicted molar refractivity (Wildman–Crippen MR) is 177 cm³/mol. The van der Waals surface area contributed by atoms with Gasteiger partial charge in [-0.2, -0.15) is 0 Å². The van der Waals surface area contributed by atoms with Gasteiger partial charge in [-0.1, -0.05) is 54.6 Å². The molecule has 2 amide bonds. The first kappa shape index (κ1) is 35.0. The Morgan fingerprint density at radius 2 is 1.70 bits per heavy atom. The van der Waals surface area contributed by atoms with E-state index in [1.807, 2.05) is 0 Å². The van der Waals surface area contributed by atoms with Crippen LogP contribution in [0.2, 0.25) is 10.0 Å². The number of amides is 2. The Balaban J connectivity index is 1.73. The first-order valence-corrected chi connectivity index (χ1v) is 17.0. The number of benzene rings is 3. The van der Waals surface area contributed by atoms with Crippen molar-refractivity contribution in [1.29, 1.82) is 0 Å². The number of halogens is 2. The summed E-state index contributed by atoms with van der Waals surface area (Å²) in [4.78, 5) is 39.6. The van der Waals surface area contributed by atoms with Crippen LogP contribution in [0.4, 0.5) is 11.4 Å². The average molecular weight is 692 g/mol. The molecular weight excluding hydrogens is 655 g/mol. The second kappa shape index (κ2) is 15.1. The molecular formula is C32H36Cl2N4O7S. The number of hydrogen-bond donors (Lipinski definition) is 1. The molecule has 1 N–H and O–H groups in total. The Morgan fingerprint density at radius 1 is 1.02 bits per heavy atom. The summed E-state index contributed by atoms with van der Waals surface area (Å²) in [7, 11) is -3.07. The molecule has 0 heterocycles. The SMILES string of the molecule is COc1ccc(N(CC(=O)N(Cc2ccc(Cl)c(Cl)c2)[C@@H](C)C(=O)NC2CCCCC2)S(=O)(=O)c2ccc(C)c([N+](=O)[O-])c2)cc1. The number of aryl methyl sites for hydroxylation is 1. The number of nitro benzene ring substituents is 1. The zero-order valence-corrected chi connectivity index (χ0v) is 28.1. The van der Waals surface area contributed by atoms with Gasteiger partial charge >= 0.3 is 0 Å². The van der Waals surface area contributed by atoms with Crippen LogP contribution < -0.4 is 14.4 Å². The molecule has 46 heavy (non-hydrogen) atoms. The molecule has 14 heteroatoms. The van der Waals surface area contributed by atoms with E-state index >= 15 is 0 Å². The Kier molecular flexibility index (Phi) is 11.5. The third-order valence-corrected chi connectivity index (χ3v) is 10.6. The number of sulfonamides is 1. The smallest absolute Gasteiger partial charge is 0.273 e. The number of rotatable bonds is 12. The number of nitrogens with zero attached hydrogens (tertiary/aromatic N) is 3. The van der Waals surface area contributed by atoms with Crippen LogP contribution in [0, 0.1) is 17.0 Å². The van der Waals surface area contributed by atoms with E-state index in [-0.39, 0.29) is 45.4 Å². The lowest BCUT2D eigenvalue weighted by molar-refractivity contribution is -0.385. The van der Waals surface area contributed by atoms with Crippen molar-refractivity contribution in [3.05, 3.63) is 92.0 Å². The maximum absolute atomic E-state index is 14.2. The molecule has 3 aromatic carbocycles. The second-order valence-electron chi connectivity index (χ2n) is 11.2. The highest BCUT2D eigenvalue weighted by Crippen LogP contribution is 2.30. The molecule has 1 aliphatic carbocycles. The van der Waals surface area contributed by atoms with Crippen LogP contribution in [0.1, 0.15) is 50.2 Å². The number of nitro groups is 1. The Hall–Kier alpha value is -3.87. The van der Waals surface area contributed by atoms with Gasteiger partial charge in [0.1, 0.15) is 18.3 Å². The molecule has 1 atom stereocenters. The summed E-state index contributed by atoms with van der Waals surface area (Å²) in [5.41, 5.74) is 0.595. The van der Waals surface area contributed by atoms with E-state index in [0.717, 1.165) is 42.5 Å². The number of ether oxygens (including phenoxy) is 1. The summed E-state index contributed by atoms with van der Waals surface area (Å²) in [5, 5.41) is 15.3. The number of methoxy groups -OCH3 is 1. The normalized spacial score (nSPS) is 14.3. The Bertz CT molecular complexity index is 1700. The van der Waals surface area contributed by atoms with Crippen LogP contribution in [-0.4, -0.2) is 55.8 Å². The fraction of sp³-hybridized carbons (Fsp3) is 0.375. The Morgan fingerprint density at radius 3 is 2.30 bits per heavy atom. The van der Waals surface area contributed by atoms with Crippen LogP contribution in [-0.2, 0) is 26.2 Å². The maximum atomic E-state index is 14.2. The van der Waals surface area contributed by atoms with Crippen LogP contribution in [0.5, 0.6) is 5.75 Å². The molecule has 1 aliphatic rings. The van der Waals surface area contributed by atoms with Gasteiger partial charge in [0.25, 0.3) is 15.7 Å². The minimum atomic E-state index is -4.53. The van der Waals surface area contributed by atoms with E-state index in [4.69, 9.17) is 27.9 Å². The predicted octanol–water partition coefficient (Wildman–Crippen LogP) is 6.28. The highest BCUT2D eigenvalue weighted by Gasteiger charge is 2.34. The summed E-state index contributed by atoms with van der Waals surface area (Å²) >= 11 is 12.4. The first-order chi connectivity index (χ1) is 21.8. The molecule has 0 unspecified atom stereocenters. The maximum Gasteiger partial charge on any atom is 0.273 e. The van der Waals surface area contributed by atoms with Gasteiger partial charge in [0, 0.05) is 24.2 Å². The van der Waals surface area contributed by atoms with E-state index in [1.54, 1.807) is 25.1 Å². The average Bonchev–Trinajstić information content (AvgIpc) is 3.04. The number of nitrogens with one attached hydrogen (secondary N) is 1. The lowest BCUT2D eigenvalue weighted by Gasteiger charge is -2.33. The van der Waals surface area contributed by atoms with Gasteiger partial charge in [-0.05, 0) is 74.7 Å². The fourth-order valence-corrected chi connectivity index (χ4v) is 7.09. The van der Waals surface area contributed by atoms with E-state index in [2.05, 4.69) is 5.32 Å². The van der Waals surface area contributed by atoms with E-state index in [1.165, 1.54) is 55.3 Å². The lowest BCUT2D eigenvalue weighted by Crippen LogP contribution is -2.53. The highest BCUT2D eigenvalue weighted by molar-refractivity contribution is 7.92. The van der Waals surface area contributed by atoms with Crippen LogP contribution in [0.3, 0.4) is 0 Å². The van der Waals surface area contributed by atoms with Gasteiger partial charge < -0.3 is 15.0 Å². The Labute approximate surface area is 278 Å². The van der Waals surface area contributed by atoms with Gasteiger partial charge in [0.2, 0.25) is 11.8 Å². The van der Waals surface area contributed by atoms with Crippen LogP contribution >= 0.6 is 23.2 Å². The second-order valence-corrected chi connectivity index (χ2v) is 13.9. The van der Waals surface area contributed by atoms with Gasteiger partial charge in [-0.25, -0.2) is 8.42 Å². The van der Waals surface area contributed by atoms with Crippen molar-refractivity contribution >= 4 is 56.4 Å². The standard InChI is InChI=1S/C32H36Cl2N4O7S/c1-21-9-15-27(18-30(21)38(41)42)46(43,44)37(25-11-13-26(45-3)14-12-25)20-31(39)36(19-23-10-16-28(33)29(34)17-23)22(2)32(40)35-24-7-5-4-6-8-24/h9-18,22,24H,4-8,19-20H2,1-3H3,(H,35,40)/t22-/m0/s1. The van der Waals surface area contributed by atoms with Crippen molar-refractivity contribution in [2.24, 2.45) is 0 Å².